The minimum absolute atomic E-state index is 0.0945. The molecule has 0 atom stereocenters. The topological polar surface area (TPSA) is 79.3 Å². The lowest BCUT2D eigenvalue weighted by Crippen LogP contribution is -2.14. The van der Waals surface area contributed by atoms with E-state index in [0.717, 1.165) is 0 Å². The van der Waals surface area contributed by atoms with Gasteiger partial charge in [-0.05, 0) is 36.8 Å². The number of carbonyl (C=O) groups excluding carboxylic acids is 1. The molecule has 0 radical (unpaired) electrons. The molecule has 0 aliphatic heterocycles. The van der Waals surface area contributed by atoms with Crippen molar-refractivity contribution in [3.8, 4) is 0 Å². The molecule has 6 heteroatoms. The predicted molar refractivity (Wildman–Crippen MR) is 75.3 cm³/mol. The van der Waals surface area contributed by atoms with Crippen molar-refractivity contribution in [3.63, 3.8) is 0 Å². The Morgan fingerprint density at radius 2 is 1.90 bits per heavy atom. The lowest BCUT2D eigenvalue weighted by molar-refractivity contribution is 0.0695. The Kier molecular flexibility index (Phi) is 4.00. The first kappa shape index (κ1) is 14.0. The van der Waals surface area contributed by atoms with Crippen molar-refractivity contribution >= 4 is 29.2 Å². The number of anilines is 1. The van der Waals surface area contributed by atoms with Crippen LogP contribution < -0.4 is 5.32 Å². The van der Waals surface area contributed by atoms with E-state index in [2.05, 4.69) is 10.3 Å². The van der Waals surface area contributed by atoms with E-state index in [1.165, 1.54) is 12.3 Å². The highest BCUT2D eigenvalue weighted by molar-refractivity contribution is 6.33. The lowest BCUT2D eigenvalue weighted by atomic mass is 10.1. The van der Waals surface area contributed by atoms with E-state index in [1.54, 1.807) is 31.2 Å². The molecule has 0 aliphatic carbocycles. The van der Waals surface area contributed by atoms with Crippen LogP contribution in [0.3, 0.4) is 0 Å². The fourth-order valence-corrected chi connectivity index (χ4v) is 1.95. The van der Waals surface area contributed by atoms with Crippen molar-refractivity contribution in [1.82, 2.24) is 4.98 Å². The van der Waals surface area contributed by atoms with Crippen molar-refractivity contribution < 1.29 is 14.7 Å². The lowest BCUT2D eigenvalue weighted by Gasteiger charge is -2.10. The van der Waals surface area contributed by atoms with Crippen LogP contribution in [0.4, 0.5) is 5.69 Å². The van der Waals surface area contributed by atoms with E-state index in [0.29, 0.717) is 11.3 Å². The summed E-state index contributed by atoms with van der Waals surface area (Å²) in [7, 11) is 0. The monoisotopic (exact) mass is 290 g/mol. The van der Waals surface area contributed by atoms with Crippen LogP contribution in [0.5, 0.6) is 0 Å². The van der Waals surface area contributed by atoms with E-state index < -0.39 is 11.9 Å². The van der Waals surface area contributed by atoms with Crippen LogP contribution in [0.25, 0.3) is 0 Å². The second-order valence-corrected chi connectivity index (χ2v) is 4.44. The summed E-state index contributed by atoms with van der Waals surface area (Å²) in [5.41, 5.74) is 1.28. The van der Waals surface area contributed by atoms with E-state index in [4.69, 9.17) is 16.7 Å². The first-order valence-electron chi connectivity index (χ1n) is 5.75. The molecule has 20 heavy (non-hydrogen) atoms. The van der Waals surface area contributed by atoms with Crippen LogP contribution in [-0.4, -0.2) is 22.0 Å². The molecule has 1 aromatic carbocycles. The summed E-state index contributed by atoms with van der Waals surface area (Å²) < 4.78 is 0. The highest BCUT2D eigenvalue weighted by Gasteiger charge is 2.14. The van der Waals surface area contributed by atoms with Crippen molar-refractivity contribution in [2.24, 2.45) is 0 Å². The number of halogens is 1. The van der Waals surface area contributed by atoms with Crippen molar-refractivity contribution in [2.45, 2.75) is 6.92 Å². The van der Waals surface area contributed by atoms with Gasteiger partial charge in [-0.15, -0.1) is 0 Å². The summed E-state index contributed by atoms with van der Waals surface area (Å²) >= 11 is 5.84. The number of carboxylic acid groups (broad SMARTS) is 1. The Bertz CT molecular complexity index is 686. The van der Waals surface area contributed by atoms with Gasteiger partial charge < -0.3 is 10.4 Å². The van der Waals surface area contributed by atoms with E-state index in [-0.39, 0.29) is 16.3 Å². The summed E-state index contributed by atoms with van der Waals surface area (Å²) in [6, 6.07) is 7.81. The van der Waals surface area contributed by atoms with Gasteiger partial charge in [0.15, 0.2) is 0 Å². The third-order valence-electron chi connectivity index (χ3n) is 2.82. The SMILES string of the molecule is Cc1c(NC(=O)c2cccnc2Cl)cccc1C(=O)O. The third-order valence-corrected chi connectivity index (χ3v) is 3.12. The van der Waals surface area contributed by atoms with Crippen LogP contribution in [0.1, 0.15) is 26.3 Å². The quantitative estimate of drug-likeness (QED) is 0.852. The molecular formula is C14H11ClN2O3. The fraction of sp³-hybridized carbons (Fsp3) is 0.0714. The predicted octanol–water partition coefficient (Wildman–Crippen LogP) is 2.99. The number of nitrogens with zero attached hydrogens (tertiary/aromatic N) is 1. The van der Waals surface area contributed by atoms with Crippen molar-refractivity contribution in [3.05, 3.63) is 58.4 Å². The van der Waals surface area contributed by atoms with Crippen LogP contribution in [0.15, 0.2) is 36.5 Å². The number of pyridine rings is 1. The molecule has 1 aromatic heterocycles. The average Bonchev–Trinajstić information content (AvgIpc) is 2.41. The van der Waals surface area contributed by atoms with Gasteiger partial charge in [0.05, 0.1) is 11.1 Å². The first-order chi connectivity index (χ1) is 9.50. The normalized spacial score (nSPS) is 10.1. The largest absolute Gasteiger partial charge is 0.478 e. The van der Waals surface area contributed by atoms with Crippen LogP contribution in [-0.2, 0) is 0 Å². The molecule has 2 N–H and O–H groups in total. The van der Waals surface area contributed by atoms with Crippen LogP contribution in [0.2, 0.25) is 5.15 Å². The molecule has 0 unspecified atom stereocenters. The molecule has 0 aliphatic rings. The highest BCUT2D eigenvalue weighted by atomic mass is 35.5. The number of benzene rings is 1. The molecule has 0 spiro atoms. The molecule has 0 saturated heterocycles. The Morgan fingerprint density at radius 1 is 1.20 bits per heavy atom. The molecule has 102 valence electrons. The summed E-state index contributed by atoms with van der Waals surface area (Å²) in [6.45, 7) is 1.63. The second kappa shape index (κ2) is 5.71. The summed E-state index contributed by atoms with van der Waals surface area (Å²) in [6.07, 6.45) is 1.48. The molecule has 2 aromatic rings. The zero-order valence-corrected chi connectivity index (χ0v) is 11.3. The van der Waals surface area contributed by atoms with Gasteiger partial charge in [-0.3, -0.25) is 4.79 Å². The number of hydrogen-bond acceptors (Lipinski definition) is 3. The van der Waals surface area contributed by atoms with E-state index in [9.17, 15) is 9.59 Å². The molecule has 0 bridgehead atoms. The first-order valence-corrected chi connectivity index (χ1v) is 6.13. The summed E-state index contributed by atoms with van der Waals surface area (Å²) in [4.78, 5) is 26.9. The molecule has 0 fully saturated rings. The number of aromatic carboxylic acids is 1. The number of nitrogens with one attached hydrogen (secondary N) is 1. The smallest absolute Gasteiger partial charge is 0.336 e. The number of carbonyl (C=O) groups is 2. The standard InChI is InChI=1S/C14H11ClN2O3/c1-8-9(14(19)20)4-2-6-11(8)17-13(18)10-5-3-7-16-12(10)15/h2-7H,1H3,(H,17,18)(H,19,20). The minimum Gasteiger partial charge on any atom is -0.478 e. The fourth-order valence-electron chi connectivity index (χ4n) is 1.75. The zero-order valence-electron chi connectivity index (χ0n) is 10.6. The number of amides is 1. The van der Waals surface area contributed by atoms with Crippen LogP contribution >= 0.6 is 11.6 Å². The Labute approximate surface area is 120 Å². The van der Waals surface area contributed by atoms with E-state index in [1.807, 2.05) is 0 Å². The maximum Gasteiger partial charge on any atom is 0.336 e. The second-order valence-electron chi connectivity index (χ2n) is 4.08. The van der Waals surface area contributed by atoms with E-state index >= 15 is 0 Å². The molecule has 0 saturated carbocycles. The van der Waals surface area contributed by atoms with Gasteiger partial charge in [-0.1, -0.05) is 17.7 Å². The molecule has 1 amide bonds. The van der Waals surface area contributed by atoms with Gasteiger partial charge in [0.2, 0.25) is 0 Å². The number of carboxylic acids is 1. The molecular weight excluding hydrogens is 280 g/mol. The highest BCUT2D eigenvalue weighted by Crippen LogP contribution is 2.21. The molecule has 2 rings (SSSR count). The van der Waals surface area contributed by atoms with Crippen molar-refractivity contribution in [1.29, 1.82) is 0 Å². The average molecular weight is 291 g/mol. The van der Waals surface area contributed by atoms with Crippen molar-refractivity contribution in [2.75, 3.05) is 5.32 Å². The van der Waals surface area contributed by atoms with Gasteiger partial charge >= 0.3 is 5.97 Å². The zero-order chi connectivity index (χ0) is 14.7. The van der Waals surface area contributed by atoms with Gasteiger partial charge in [0.1, 0.15) is 5.15 Å². The number of aromatic nitrogens is 1. The van der Waals surface area contributed by atoms with Gasteiger partial charge in [-0.25, -0.2) is 9.78 Å². The van der Waals surface area contributed by atoms with Gasteiger partial charge in [0, 0.05) is 11.9 Å². The summed E-state index contributed by atoms with van der Waals surface area (Å²) in [5, 5.41) is 11.8. The minimum atomic E-state index is -1.04. The number of hydrogen-bond donors (Lipinski definition) is 2. The Balaban J connectivity index is 2.32. The van der Waals surface area contributed by atoms with Crippen LogP contribution in [0, 0.1) is 6.92 Å². The van der Waals surface area contributed by atoms with Gasteiger partial charge in [-0.2, -0.15) is 0 Å². The Hall–Kier alpha value is -2.40. The Morgan fingerprint density at radius 3 is 2.55 bits per heavy atom. The maximum atomic E-state index is 12.1. The molecule has 1 heterocycles. The maximum absolute atomic E-state index is 12.1. The number of rotatable bonds is 3. The third kappa shape index (κ3) is 2.78. The summed E-state index contributed by atoms with van der Waals surface area (Å²) in [5.74, 6) is -1.48. The van der Waals surface area contributed by atoms with Gasteiger partial charge in [0.25, 0.3) is 5.91 Å². The molecule has 5 nitrogen and oxygen atoms in total.